The number of benzene rings is 1. The van der Waals surface area contributed by atoms with Crippen molar-refractivity contribution in [2.75, 3.05) is 12.3 Å². The van der Waals surface area contributed by atoms with Crippen LogP contribution in [0.5, 0.6) is 0 Å². The highest BCUT2D eigenvalue weighted by Crippen LogP contribution is 2.22. The number of amides is 2. The van der Waals surface area contributed by atoms with Gasteiger partial charge < -0.3 is 0 Å². The Hall–Kier alpha value is -0.960. The summed E-state index contributed by atoms with van der Waals surface area (Å²) in [5, 5.41) is 0. The monoisotopic (exact) mass is 365 g/mol. The molecule has 0 fully saturated rings. The third kappa shape index (κ3) is 2.49. The second-order valence-corrected chi connectivity index (χ2v) is 9.06. The number of halogens is 1. The first kappa shape index (κ1) is 12.5. The Morgan fingerprint density at radius 1 is 1.06 bits per heavy atom. The van der Waals surface area contributed by atoms with E-state index in [4.69, 9.17) is 0 Å². The Labute approximate surface area is 110 Å². The van der Waals surface area contributed by atoms with Gasteiger partial charge in [-0.3, -0.25) is 14.5 Å². The van der Waals surface area contributed by atoms with Gasteiger partial charge in [0.25, 0.3) is 11.8 Å². The van der Waals surface area contributed by atoms with E-state index in [1.54, 1.807) is 24.3 Å². The van der Waals surface area contributed by atoms with Crippen molar-refractivity contribution in [2.24, 2.45) is 0 Å². The Morgan fingerprint density at radius 3 is 1.94 bits per heavy atom. The first-order valence-electron chi connectivity index (χ1n) is 4.78. The molecule has 90 valence electrons. The van der Waals surface area contributed by atoms with E-state index in [-0.39, 0.29) is 12.3 Å². The summed E-state index contributed by atoms with van der Waals surface area (Å²) >= 11 is 1.30. The van der Waals surface area contributed by atoms with Crippen LogP contribution in [0.1, 0.15) is 20.7 Å². The number of carbonyl (C=O) groups excluding carboxylic acids is 2. The zero-order chi connectivity index (χ0) is 12.6. The predicted octanol–water partition coefficient (Wildman–Crippen LogP) is 1.05. The van der Waals surface area contributed by atoms with Crippen molar-refractivity contribution in [3.05, 3.63) is 35.4 Å². The quantitative estimate of drug-likeness (QED) is 0.456. The molecule has 2 amide bonds. The SMILES string of the molecule is O=C1c2ccccc2C(=O)N1CCS(=O)(=O)I. The Kier molecular flexibility index (Phi) is 3.21. The Balaban J connectivity index is 2.25. The molecule has 1 heterocycles. The van der Waals surface area contributed by atoms with E-state index in [0.29, 0.717) is 11.1 Å². The van der Waals surface area contributed by atoms with E-state index in [1.807, 2.05) is 0 Å². The first-order chi connectivity index (χ1) is 7.90. The number of hydrogen-bond donors (Lipinski definition) is 0. The third-order valence-electron chi connectivity index (χ3n) is 2.44. The molecule has 2 rings (SSSR count). The molecule has 0 saturated carbocycles. The molecule has 0 N–H and O–H groups in total. The van der Waals surface area contributed by atoms with Crippen molar-refractivity contribution in [1.29, 1.82) is 0 Å². The van der Waals surface area contributed by atoms with Crippen LogP contribution in [0.25, 0.3) is 0 Å². The van der Waals surface area contributed by atoms with Gasteiger partial charge in [-0.1, -0.05) is 12.1 Å². The number of fused-ring (bicyclic) bond motifs is 1. The number of rotatable bonds is 3. The van der Waals surface area contributed by atoms with Crippen molar-refractivity contribution >= 4 is 40.0 Å². The van der Waals surface area contributed by atoms with Gasteiger partial charge in [-0.05, 0) is 12.1 Å². The lowest BCUT2D eigenvalue weighted by Crippen LogP contribution is -2.33. The minimum Gasteiger partial charge on any atom is -0.273 e. The number of imide groups is 1. The summed E-state index contributed by atoms with van der Waals surface area (Å²) in [6.45, 7) is -0.0996. The van der Waals surface area contributed by atoms with Gasteiger partial charge >= 0.3 is 0 Å². The molecule has 1 aliphatic heterocycles. The van der Waals surface area contributed by atoms with Crippen LogP contribution < -0.4 is 0 Å². The van der Waals surface area contributed by atoms with E-state index in [9.17, 15) is 18.0 Å². The van der Waals surface area contributed by atoms with Crippen LogP contribution in [-0.2, 0) is 7.01 Å². The molecule has 1 aromatic rings. The lowest BCUT2D eigenvalue weighted by atomic mass is 10.1. The summed E-state index contributed by atoms with van der Waals surface area (Å²) in [6, 6.07) is 6.47. The zero-order valence-corrected chi connectivity index (χ0v) is 11.6. The van der Waals surface area contributed by atoms with Crippen molar-refractivity contribution in [3.8, 4) is 0 Å². The Morgan fingerprint density at radius 2 is 1.53 bits per heavy atom. The molecule has 17 heavy (non-hydrogen) atoms. The molecule has 0 saturated heterocycles. The highest BCUT2D eigenvalue weighted by atomic mass is 127. The first-order valence-corrected chi connectivity index (χ1v) is 8.97. The Bertz CT molecular complexity index is 561. The van der Waals surface area contributed by atoms with Gasteiger partial charge in [0, 0.05) is 6.54 Å². The molecule has 0 unspecified atom stereocenters. The van der Waals surface area contributed by atoms with Gasteiger partial charge in [-0.15, -0.1) is 0 Å². The summed E-state index contributed by atoms with van der Waals surface area (Å²) in [5.41, 5.74) is 0.673. The number of hydrogen-bond acceptors (Lipinski definition) is 4. The smallest absolute Gasteiger partial charge is 0.261 e. The van der Waals surface area contributed by atoms with Gasteiger partial charge in [0.15, 0.2) is 0 Å². The summed E-state index contributed by atoms with van der Waals surface area (Å²) in [7, 11) is -3.22. The van der Waals surface area contributed by atoms with E-state index >= 15 is 0 Å². The topological polar surface area (TPSA) is 71.5 Å². The van der Waals surface area contributed by atoms with Crippen LogP contribution in [-0.4, -0.2) is 37.4 Å². The number of nitrogens with zero attached hydrogens (tertiary/aromatic N) is 1. The second-order valence-electron chi connectivity index (χ2n) is 3.55. The summed E-state index contributed by atoms with van der Waals surface area (Å²) in [6.07, 6.45) is 0. The number of carbonyl (C=O) groups is 2. The average molecular weight is 365 g/mol. The lowest BCUT2D eigenvalue weighted by molar-refractivity contribution is 0.0664. The molecule has 0 spiro atoms. The van der Waals surface area contributed by atoms with Crippen LogP contribution in [0, 0.1) is 0 Å². The summed E-state index contributed by atoms with van der Waals surface area (Å²) in [4.78, 5) is 24.6. The normalized spacial score (nSPS) is 15.2. The maximum absolute atomic E-state index is 11.8. The minimum absolute atomic E-state index is 0.0996. The predicted molar refractivity (Wildman–Crippen MR) is 69.6 cm³/mol. The molecule has 7 heteroatoms. The molecule has 0 atom stereocenters. The molecule has 1 aliphatic rings. The van der Waals surface area contributed by atoms with Crippen molar-refractivity contribution in [2.45, 2.75) is 0 Å². The largest absolute Gasteiger partial charge is 0.273 e. The maximum Gasteiger partial charge on any atom is 0.261 e. The van der Waals surface area contributed by atoms with Crippen LogP contribution in [0.15, 0.2) is 24.3 Å². The van der Waals surface area contributed by atoms with Crippen LogP contribution in [0.3, 0.4) is 0 Å². The maximum atomic E-state index is 11.8. The second kappa shape index (κ2) is 4.37. The molecule has 0 radical (unpaired) electrons. The standard InChI is InChI=1S/C10H8INO4S/c11-17(15,16)6-5-12-9(13)7-3-1-2-4-8(7)10(12)14/h1-4H,5-6H2. The van der Waals surface area contributed by atoms with E-state index in [1.165, 1.54) is 21.2 Å². The summed E-state index contributed by atoms with van der Waals surface area (Å²) in [5.74, 6) is -1.07. The fourth-order valence-corrected chi connectivity index (χ4v) is 2.63. The minimum atomic E-state index is -3.22. The van der Waals surface area contributed by atoms with Gasteiger partial charge in [0.05, 0.1) is 38.1 Å². The van der Waals surface area contributed by atoms with E-state index < -0.39 is 18.8 Å². The van der Waals surface area contributed by atoms with Gasteiger partial charge in [0.1, 0.15) is 0 Å². The van der Waals surface area contributed by atoms with E-state index in [0.717, 1.165) is 4.90 Å². The third-order valence-corrected chi connectivity index (χ3v) is 4.43. The highest BCUT2D eigenvalue weighted by Gasteiger charge is 2.35. The average Bonchev–Trinajstić information content (AvgIpc) is 2.49. The van der Waals surface area contributed by atoms with Crippen molar-refractivity contribution in [3.63, 3.8) is 0 Å². The van der Waals surface area contributed by atoms with Crippen LogP contribution in [0.4, 0.5) is 0 Å². The van der Waals surface area contributed by atoms with Crippen LogP contribution in [0.2, 0.25) is 0 Å². The molecule has 0 aromatic heterocycles. The fraction of sp³-hybridized carbons (Fsp3) is 0.200. The zero-order valence-electron chi connectivity index (χ0n) is 8.59. The highest BCUT2D eigenvalue weighted by molar-refractivity contribution is 14.2. The van der Waals surface area contributed by atoms with Crippen molar-refractivity contribution in [1.82, 2.24) is 4.90 Å². The van der Waals surface area contributed by atoms with Crippen LogP contribution >= 0.6 is 21.2 Å². The lowest BCUT2D eigenvalue weighted by Gasteiger charge is -2.11. The molecule has 0 aliphatic carbocycles. The fourth-order valence-electron chi connectivity index (χ4n) is 1.64. The van der Waals surface area contributed by atoms with Crippen molar-refractivity contribution < 1.29 is 18.0 Å². The molecule has 0 bridgehead atoms. The molecule has 5 nitrogen and oxygen atoms in total. The van der Waals surface area contributed by atoms with Gasteiger partial charge in [-0.2, -0.15) is 0 Å². The van der Waals surface area contributed by atoms with E-state index in [2.05, 4.69) is 0 Å². The molecular weight excluding hydrogens is 357 g/mol. The molecule has 1 aromatic carbocycles. The molecular formula is C10H8INO4S. The summed E-state index contributed by atoms with van der Waals surface area (Å²) < 4.78 is 22.0. The van der Waals surface area contributed by atoms with Gasteiger partial charge in [0.2, 0.25) is 7.01 Å². The van der Waals surface area contributed by atoms with Gasteiger partial charge in [-0.25, -0.2) is 8.42 Å².